The fourth-order valence-corrected chi connectivity index (χ4v) is 3.41. The minimum absolute atomic E-state index is 0.0217. The van der Waals surface area contributed by atoms with Gasteiger partial charge in [-0.05, 0) is 68.2 Å². The molecule has 0 spiro atoms. The number of carbonyl (C=O) groups is 2. The van der Waals surface area contributed by atoms with E-state index in [4.69, 9.17) is 5.73 Å². The van der Waals surface area contributed by atoms with Crippen LogP contribution in [0, 0.1) is 17.6 Å². The summed E-state index contributed by atoms with van der Waals surface area (Å²) >= 11 is 0. The fraction of sp³-hybridized carbons (Fsp3) is 0.320. The molecule has 0 heterocycles. The third-order valence-electron chi connectivity index (χ3n) is 5.04. The van der Waals surface area contributed by atoms with Crippen molar-refractivity contribution < 1.29 is 22.8 Å². The second kappa shape index (κ2) is 15.7. The van der Waals surface area contributed by atoms with Crippen molar-refractivity contribution in [1.82, 2.24) is 15.1 Å². The number of guanidine groups is 1. The highest BCUT2D eigenvalue weighted by Gasteiger charge is 2.20. The summed E-state index contributed by atoms with van der Waals surface area (Å²) in [5, 5.41) is 2.55. The van der Waals surface area contributed by atoms with Gasteiger partial charge in [-0.1, -0.05) is 12.7 Å². The van der Waals surface area contributed by atoms with E-state index >= 15 is 0 Å². The van der Waals surface area contributed by atoms with Crippen LogP contribution < -0.4 is 16.4 Å². The third kappa shape index (κ3) is 10.2. The molecule has 0 aliphatic rings. The molecule has 11 heteroatoms. The number of nitrogens with zero attached hydrogens (tertiary/aromatic N) is 3. The van der Waals surface area contributed by atoms with Crippen molar-refractivity contribution in [3.05, 3.63) is 78.3 Å². The summed E-state index contributed by atoms with van der Waals surface area (Å²) in [5.41, 5.74) is 6.32. The first-order chi connectivity index (χ1) is 17.1. The quantitative estimate of drug-likeness (QED) is 0.109. The molecule has 2 atom stereocenters. The Kier molecular flexibility index (Phi) is 13.4. The number of hydrogen-bond donors (Lipinski definition) is 2. The van der Waals surface area contributed by atoms with Gasteiger partial charge in [-0.15, -0.1) is 15.8 Å². The fourth-order valence-electron chi connectivity index (χ4n) is 3.05. The Morgan fingerprint density at radius 3 is 2.56 bits per heavy atom. The Labute approximate surface area is 212 Å². The van der Waals surface area contributed by atoms with Crippen LogP contribution in [-0.4, -0.2) is 48.3 Å². The number of benzene rings is 1. The van der Waals surface area contributed by atoms with Crippen molar-refractivity contribution in [2.24, 2.45) is 16.6 Å². The number of hydrogen-bond acceptors (Lipinski definition) is 4. The van der Waals surface area contributed by atoms with Crippen molar-refractivity contribution >= 4 is 32.9 Å². The number of amides is 3. The van der Waals surface area contributed by atoms with Crippen molar-refractivity contribution in [3.8, 4) is 0 Å². The molecule has 3 N–H and O–H groups in total. The number of urea groups is 1. The molecule has 36 heavy (non-hydrogen) atoms. The first-order valence-electron chi connectivity index (χ1n) is 11.1. The van der Waals surface area contributed by atoms with Gasteiger partial charge in [0, 0.05) is 24.6 Å². The highest BCUT2D eigenvalue weighted by molar-refractivity contribution is 7.27. The molecule has 0 saturated carbocycles. The van der Waals surface area contributed by atoms with Crippen LogP contribution >= 0.6 is 9.24 Å². The van der Waals surface area contributed by atoms with E-state index in [1.165, 1.54) is 24.0 Å². The zero-order valence-corrected chi connectivity index (χ0v) is 21.7. The minimum atomic E-state index is -1.08. The van der Waals surface area contributed by atoms with Crippen LogP contribution in [-0.2, 0) is 11.3 Å². The van der Waals surface area contributed by atoms with Gasteiger partial charge < -0.3 is 10.6 Å². The predicted molar refractivity (Wildman–Crippen MR) is 141 cm³/mol. The highest BCUT2D eigenvalue weighted by Crippen LogP contribution is 2.13. The highest BCUT2D eigenvalue weighted by atomic mass is 31.0. The second-order valence-electron chi connectivity index (χ2n) is 7.99. The molecule has 0 aliphatic carbocycles. The molecule has 3 amide bonds. The molecule has 2 unspecified atom stereocenters. The number of nitrogens with one attached hydrogen (secondary N) is 1. The predicted octanol–water partition coefficient (Wildman–Crippen LogP) is 3.91. The monoisotopic (exact) mass is 523 g/mol. The molecular weight excluding hydrogens is 490 g/mol. The van der Waals surface area contributed by atoms with Gasteiger partial charge in [0.15, 0.2) is 11.6 Å². The van der Waals surface area contributed by atoms with Crippen LogP contribution in [0.1, 0.15) is 25.3 Å². The first kappa shape index (κ1) is 30.8. The molecule has 0 fully saturated rings. The van der Waals surface area contributed by atoms with E-state index in [1.807, 2.05) is 0 Å². The topological polar surface area (TPSA) is 91.0 Å². The Hall–Kier alpha value is -3.23. The molecule has 1 rings (SSSR count). The maximum Gasteiger partial charge on any atom is 0.323 e. The van der Waals surface area contributed by atoms with E-state index in [0.29, 0.717) is 19.5 Å². The average molecular weight is 524 g/mol. The van der Waals surface area contributed by atoms with Crippen LogP contribution in [0.15, 0.2) is 66.1 Å². The number of carbonyl (C=O) groups excluding carboxylic acids is 2. The van der Waals surface area contributed by atoms with Crippen molar-refractivity contribution in [3.63, 3.8) is 0 Å². The van der Waals surface area contributed by atoms with E-state index in [-0.39, 0.29) is 35.0 Å². The van der Waals surface area contributed by atoms with E-state index in [9.17, 15) is 22.8 Å². The Balaban J connectivity index is 3.27. The average Bonchev–Trinajstić information content (AvgIpc) is 2.85. The molecule has 0 aliphatic heterocycles. The lowest BCUT2D eigenvalue weighted by Gasteiger charge is -2.26. The molecule has 196 valence electrons. The van der Waals surface area contributed by atoms with Gasteiger partial charge in [-0.2, -0.15) is 0 Å². The second-order valence-corrected chi connectivity index (χ2v) is 8.61. The van der Waals surface area contributed by atoms with Crippen LogP contribution in [0.25, 0.3) is 0 Å². The lowest BCUT2D eigenvalue weighted by Crippen LogP contribution is -2.49. The van der Waals surface area contributed by atoms with Crippen LogP contribution in [0.3, 0.4) is 0 Å². The molecule has 0 bridgehead atoms. The van der Waals surface area contributed by atoms with E-state index < -0.39 is 23.5 Å². The maximum atomic E-state index is 13.9. The van der Waals surface area contributed by atoms with E-state index in [0.717, 1.165) is 36.0 Å². The summed E-state index contributed by atoms with van der Waals surface area (Å²) in [4.78, 5) is 31.5. The van der Waals surface area contributed by atoms with Crippen molar-refractivity contribution in [2.45, 2.75) is 26.3 Å². The minimum Gasteiger partial charge on any atom is -0.330 e. The van der Waals surface area contributed by atoms with Gasteiger partial charge in [0.25, 0.3) is 0 Å². The van der Waals surface area contributed by atoms with Crippen LogP contribution in [0.4, 0.5) is 18.0 Å². The van der Waals surface area contributed by atoms with Gasteiger partial charge in [-0.25, -0.2) is 23.0 Å². The molecule has 0 aromatic heterocycles. The van der Waals surface area contributed by atoms with Crippen LogP contribution in [0.5, 0.6) is 0 Å². The Bertz CT molecular complexity index is 1020. The first-order valence-corrected chi connectivity index (χ1v) is 11.7. The molecule has 0 saturated heterocycles. The summed E-state index contributed by atoms with van der Waals surface area (Å²) in [6.07, 6.45) is 7.10. The van der Waals surface area contributed by atoms with Crippen molar-refractivity contribution in [1.29, 1.82) is 0 Å². The van der Waals surface area contributed by atoms with Gasteiger partial charge in [-0.3, -0.25) is 15.0 Å². The van der Waals surface area contributed by atoms with Gasteiger partial charge in [0.1, 0.15) is 5.83 Å². The summed E-state index contributed by atoms with van der Waals surface area (Å²) in [5.74, 6) is -2.87. The largest absolute Gasteiger partial charge is 0.330 e. The maximum absolute atomic E-state index is 13.9. The molecule has 7 nitrogen and oxygen atoms in total. The zero-order chi connectivity index (χ0) is 27.3. The summed E-state index contributed by atoms with van der Waals surface area (Å²) in [6, 6.07) is 1.72. The van der Waals surface area contributed by atoms with Crippen LogP contribution in [0.2, 0.25) is 0 Å². The molecule has 1 aromatic carbocycles. The Morgan fingerprint density at radius 1 is 1.31 bits per heavy atom. The smallest absolute Gasteiger partial charge is 0.323 e. The molecule has 0 radical (unpaired) electrons. The lowest BCUT2D eigenvalue weighted by molar-refractivity contribution is -0.115. The van der Waals surface area contributed by atoms with Crippen molar-refractivity contribution in [2.75, 3.05) is 20.1 Å². The lowest BCUT2D eigenvalue weighted by atomic mass is 10.0. The normalized spacial score (nSPS) is 13.1. The number of halogens is 3. The standard InChI is InChI=1S/C25H33F3N5O2P/c1-5-7-8-18(13-29)14-32(4)25(35)31-24(30-17(3)9-10-20(26)6-2)33(16-34)15-19-11-21(27)23(28)22(36)12-19/h5-6,9-12,16,18H,1-2,7-8,13-15,29,36H2,3-4H3,(H,30,31,35)/b17-9+,20-10+. The summed E-state index contributed by atoms with van der Waals surface area (Å²) < 4.78 is 41.0. The molecular formula is C25H33F3N5O2P. The third-order valence-corrected chi connectivity index (χ3v) is 5.46. The summed E-state index contributed by atoms with van der Waals surface area (Å²) in [7, 11) is 3.64. The Morgan fingerprint density at radius 2 is 2.00 bits per heavy atom. The zero-order valence-electron chi connectivity index (χ0n) is 20.5. The SMILES string of the molecule is C=CCCC(CN)CN(C)C(=O)NC(=N/C(C)=C/C=C(/F)C=C)N(C=O)Cc1cc(F)c(F)c(P)c1. The van der Waals surface area contributed by atoms with Gasteiger partial charge in [0.05, 0.1) is 6.54 Å². The number of rotatable bonds is 12. The van der Waals surface area contributed by atoms with Gasteiger partial charge in [0.2, 0.25) is 12.4 Å². The summed E-state index contributed by atoms with van der Waals surface area (Å²) in [6.45, 7) is 9.02. The number of nitrogens with two attached hydrogens (primary N) is 1. The number of allylic oxidation sites excluding steroid dienone is 6. The molecule has 1 aromatic rings. The van der Waals surface area contributed by atoms with E-state index in [1.54, 1.807) is 13.1 Å². The van der Waals surface area contributed by atoms with E-state index in [2.05, 4.69) is 32.7 Å². The number of aliphatic imine (C=N–C) groups is 1. The van der Waals surface area contributed by atoms with Gasteiger partial charge >= 0.3 is 6.03 Å².